The van der Waals surface area contributed by atoms with Gasteiger partial charge in [0.15, 0.2) is 0 Å². The number of halogens is 3. The lowest BCUT2D eigenvalue weighted by Crippen LogP contribution is -2.20. The van der Waals surface area contributed by atoms with Crippen LogP contribution in [0.25, 0.3) is 11.3 Å². The second kappa shape index (κ2) is 8.53. The third-order valence-corrected chi connectivity index (χ3v) is 5.50. The molecule has 2 unspecified atom stereocenters. The quantitative estimate of drug-likeness (QED) is 0.461. The molecule has 0 saturated carbocycles. The Morgan fingerprint density at radius 2 is 2.06 bits per heavy atom. The molecule has 0 bridgehead atoms. The predicted octanol–water partition coefficient (Wildman–Crippen LogP) is 6.17. The number of carboxylic acid groups (broad SMARTS) is 1. The third-order valence-electron chi connectivity index (χ3n) is 5.50. The van der Waals surface area contributed by atoms with Gasteiger partial charge >= 0.3 is 12.1 Å². The van der Waals surface area contributed by atoms with Crippen LogP contribution >= 0.6 is 0 Å². The molecule has 166 valence electrons. The van der Waals surface area contributed by atoms with Crippen LogP contribution in [-0.2, 0) is 17.4 Å². The molecule has 0 saturated heterocycles. The Labute approximate surface area is 182 Å². The van der Waals surface area contributed by atoms with E-state index in [1.807, 2.05) is 12.1 Å². The maximum atomic E-state index is 13.0. The van der Waals surface area contributed by atoms with Crippen LogP contribution in [0.15, 0.2) is 65.8 Å². The highest BCUT2D eigenvalue weighted by Crippen LogP contribution is 2.39. The molecular weight excluding hydrogens is 423 g/mol. The number of ether oxygens (including phenoxy) is 1. The van der Waals surface area contributed by atoms with Crippen molar-refractivity contribution in [1.29, 1.82) is 0 Å². The summed E-state index contributed by atoms with van der Waals surface area (Å²) in [6.07, 6.45) is -0.452. The van der Waals surface area contributed by atoms with Gasteiger partial charge in [0.1, 0.15) is 17.7 Å². The lowest BCUT2D eigenvalue weighted by molar-refractivity contribution is -0.146. The number of oxazole rings is 1. The number of rotatable bonds is 6. The molecule has 3 aromatic rings. The van der Waals surface area contributed by atoms with E-state index < -0.39 is 23.8 Å². The van der Waals surface area contributed by atoms with Gasteiger partial charge in [0.05, 0.1) is 5.56 Å². The van der Waals surface area contributed by atoms with E-state index in [0.717, 1.165) is 48.8 Å². The van der Waals surface area contributed by atoms with Crippen molar-refractivity contribution < 1.29 is 32.2 Å². The first kappa shape index (κ1) is 21.7. The summed E-state index contributed by atoms with van der Waals surface area (Å²) in [5, 5.41) is 9.73. The molecule has 2 atom stereocenters. The van der Waals surface area contributed by atoms with E-state index >= 15 is 0 Å². The average molecular weight is 443 g/mol. The summed E-state index contributed by atoms with van der Waals surface area (Å²) in [4.78, 5) is 16.0. The van der Waals surface area contributed by atoms with Gasteiger partial charge < -0.3 is 14.3 Å². The Balaban J connectivity index is 1.64. The number of aromatic nitrogens is 1. The number of hydrogen-bond acceptors (Lipinski definition) is 4. The summed E-state index contributed by atoms with van der Waals surface area (Å²) in [7, 11) is 0. The molecule has 1 aliphatic carbocycles. The van der Waals surface area contributed by atoms with Crippen molar-refractivity contribution in [1.82, 2.24) is 4.98 Å². The van der Waals surface area contributed by atoms with E-state index in [-0.39, 0.29) is 23.1 Å². The van der Waals surface area contributed by atoms with Crippen LogP contribution in [0.5, 0.6) is 5.75 Å². The average Bonchev–Trinajstić information content (AvgIpc) is 3.26. The molecule has 1 aromatic heterocycles. The van der Waals surface area contributed by atoms with Gasteiger partial charge in [-0.2, -0.15) is 13.2 Å². The fourth-order valence-corrected chi connectivity index (χ4v) is 3.94. The number of nitrogens with zero attached hydrogens (tertiary/aromatic N) is 1. The highest BCUT2D eigenvalue weighted by atomic mass is 19.4. The number of hydrogen-bond donors (Lipinski definition) is 1. The fourth-order valence-electron chi connectivity index (χ4n) is 3.94. The zero-order valence-corrected chi connectivity index (χ0v) is 16.9. The van der Waals surface area contributed by atoms with Crippen molar-refractivity contribution >= 4 is 5.97 Å². The predicted molar refractivity (Wildman–Crippen MR) is 110 cm³/mol. The minimum Gasteiger partial charge on any atom is -0.478 e. The summed E-state index contributed by atoms with van der Waals surface area (Å²) in [5.74, 6) is -0.991. The van der Waals surface area contributed by atoms with Crippen molar-refractivity contribution in [3.05, 3.63) is 84.0 Å². The van der Waals surface area contributed by atoms with Crippen LogP contribution in [0, 0.1) is 0 Å². The summed E-state index contributed by atoms with van der Waals surface area (Å²) in [5.41, 5.74) is 1.37. The molecule has 2 aromatic carbocycles. The third kappa shape index (κ3) is 4.26. The Hall–Kier alpha value is -3.55. The van der Waals surface area contributed by atoms with Gasteiger partial charge in [-0.15, -0.1) is 6.58 Å². The molecular formula is C24H20F3NO4. The molecule has 4 rings (SSSR count). The minimum absolute atomic E-state index is 0.0859. The van der Waals surface area contributed by atoms with Crippen LogP contribution in [0.3, 0.4) is 0 Å². The van der Waals surface area contributed by atoms with Gasteiger partial charge in [-0.05, 0) is 48.6 Å². The highest BCUT2D eigenvalue weighted by molar-refractivity contribution is 5.74. The smallest absolute Gasteiger partial charge is 0.416 e. The van der Waals surface area contributed by atoms with Crippen molar-refractivity contribution in [2.24, 2.45) is 0 Å². The molecule has 1 aliphatic rings. The Morgan fingerprint density at radius 3 is 2.78 bits per heavy atom. The number of carboxylic acids is 1. The first-order valence-corrected chi connectivity index (χ1v) is 10.0. The van der Waals surface area contributed by atoms with Gasteiger partial charge in [0, 0.05) is 11.5 Å². The Bertz CT molecular complexity index is 1150. The van der Waals surface area contributed by atoms with Gasteiger partial charge in [-0.25, -0.2) is 9.78 Å². The van der Waals surface area contributed by atoms with Crippen molar-refractivity contribution in [2.45, 2.75) is 37.5 Å². The number of carbonyl (C=O) groups is 1. The molecule has 0 amide bonds. The molecule has 8 heteroatoms. The first-order valence-electron chi connectivity index (χ1n) is 10.0. The molecule has 5 nitrogen and oxygen atoms in total. The molecule has 0 fully saturated rings. The summed E-state index contributed by atoms with van der Waals surface area (Å²) in [6, 6.07) is 10.0. The van der Waals surface area contributed by atoms with Gasteiger partial charge in [-0.3, -0.25) is 0 Å². The number of benzene rings is 2. The van der Waals surface area contributed by atoms with Crippen LogP contribution in [0.1, 0.15) is 47.4 Å². The van der Waals surface area contributed by atoms with E-state index in [1.165, 1.54) is 12.1 Å². The summed E-state index contributed by atoms with van der Waals surface area (Å²) in [6.45, 7) is 3.87. The molecule has 0 aliphatic heterocycles. The summed E-state index contributed by atoms with van der Waals surface area (Å²) < 4.78 is 50.1. The lowest BCUT2D eigenvalue weighted by Gasteiger charge is -2.25. The van der Waals surface area contributed by atoms with E-state index in [9.17, 15) is 23.1 Å². The number of fused-ring (bicyclic) bond motifs is 1. The molecule has 0 radical (unpaired) electrons. The molecule has 1 N–H and O–H groups in total. The van der Waals surface area contributed by atoms with E-state index in [0.29, 0.717) is 5.75 Å². The molecule has 0 spiro atoms. The first-order chi connectivity index (χ1) is 15.3. The van der Waals surface area contributed by atoms with Crippen LogP contribution in [0.4, 0.5) is 13.2 Å². The van der Waals surface area contributed by atoms with Crippen LogP contribution in [-0.4, -0.2) is 16.1 Å². The highest BCUT2D eigenvalue weighted by Gasteiger charge is 2.32. The normalized spacial score (nSPS) is 16.8. The van der Waals surface area contributed by atoms with Crippen molar-refractivity contribution in [2.75, 3.05) is 0 Å². The maximum absolute atomic E-state index is 13.0. The fraction of sp³-hybridized carbons (Fsp3) is 0.250. The molecule has 1 heterocycles. The zero-order valence-electron chi connectivity index (χ0n) is 16.9. The Morgan fingerprint density at radius 1 is 1.28 bits per heavy atom. The van der Waals surface area contributed by atoms with Gasteiger partial charge in [0.2, 0.25) is 5.89 Å². The van der Waals surface area contributed by atoms with E-state index in [4.69, 9.17) is 9.15 Å². The topological polar surface area (TPSA) is 72.6 Å². The second-order valence-corrected chi connectivity index (χ2v) is 7.54. The largest absolute Gasteiger partial charge is 0.478 e. The van der Waals surface area contributed by atoms with Gasteiger partial charge in [-0.1, -0.05) is 30.3 Å². The Kier molecular flexibility index (Phi) is 5.78. The second-order valence-electron chi connectivity index (χ2n) is 7.54. The van der Waals surface area contributed by atoms with E-state index in [2.05, 4.69) is 11.6 Å². The summed E-state index contributed by atoms with van der Waals surface area (Å²) >= 11 is 0. The number of aliphatic carboxylic acids is 1. The van der Waals surface area contributed by atoms with E-state index in [1.54, 1.807) is 12.1 Å². The maximum Gasteiger partial charge on any atom is 0.416 e. The van der Waals surface area contributed by atoms with Gasteiger partial charge in [0.25, 0.3) is 6.10 Å². The lowest BCUT2D eigenvalue weighted by atomic mass is 9.82. The van der Waals surface area contributed by atoms with Crippen molar-refractivity contribution in [3.8, 4) is 17.0 Å². The van der Waals surface area contributed by atoms with Crippen LogP contribution in [0.2, 0.25) is 0 Å². The number of alkyl halides is 3. The monoisotopic (exact) mass is 443 g/mol. The number of allylic oxidation sites excluding steroid dienone is 1. The van der Waals surface area contributed by atoms with Crippen LogP contribution < -0.4 is 4.74 Å². The van der Waals surface area contributed by atoms with Crippen molar-refractivity contribution in [3.63, 3.8) is 0 Å². The molecule has 32 heavy (non-hydrogen) atoms. The standard InChI is InChI=1S/C24H20F3NO4/c1-2-14-6-4-10-18-17(14)9-5-11-20(18)32-21(23(29)30)22-28-19(13-31-22)15-7-3-8-16(12-15)24(25,26)27/h2-3,5,7-9,11-14,21H,1,4,6,10H2,(H,29,30). The zero-order chi connectivity index (χ0) is 22.9. The SMILES string of the molecule is C=CC1CCCc2c(OC(C(=O)O)c3nc(-c4cccc(C(F)(F)F)c4)co3)cccc21. The minimum atomic E-state index is -4.51.